The van der Waals surface area contributed by atoms with Crippen LogP contribution in [0.15, 0.2) is 35.5 Å². The van der Waals surface area contributed by atoms with E-state index in [2.05, 4.69) is 29.2 Å². The Kier molecular flexibility index (Phi) is 9.75. The molecule has 0 aliphatic carbocycles. The molecule has 0 aromatic heterocycles. The van der Waals surface area contributed by atoms with Crippen molar-refractivity contribution in [1.29, 1.82) is 0 Å². The van der Waals surface area contributed by atoms with E-state index in [0.717, 1.165) is 32.1 Å². The lowest BCUT2D eigenvalue weighted by molar-refractivity contribution is -0.112. The van der Waals surface area contributed by atoms with E-state index < -0.39 is 0 Å². The molecule has 0 saturated carbocycles. The van der Waals surface area contributed by atoms with Crippen LogP contribution in [0.25, 0.3) is 0 Å². The molecule has 5 heteroatoms. The average Bonchev–Trinajstić information content (AvgIpc) is 2.36. The Morgan fingerprint density at radius 2 is 2.00 bits per heavy atom. The van der Waals surface area contributed by atoms with Crippen LogP contribution in [-0.4, -0.2) is 35.7 Å². The van der Waals surface area contributed by atoms with Crippen LogP contribution < -0.4 is 0 Å². The fourth-order valence-electron chi connectivity index (χ4n) is 1.78. The second kappa shape index (κ2) is 10.5. The Balaban J connectivity index is 0.00000324. The molecular weight excluding hydrogens is 264 g/mol. The lowest BCUT2D eigenvalue weighted by Crippen LogP contribution is -2.19. The summed E-state index contributed by atoms with van der Waals surface area (Å²) in [6.45, 7) is 1.88. The fourth-order valence-corrected chi connectivity index (χ4v) is 1.78. The molecule has 0 aliphatic heterocycles. The summed E-state index contributed by atoms with van der Waals surface area (Å²) in [6.07, 6.45) is 3.20. The van der Waals surface area contributed by atoms with Gasteiger partial charge < -0.3 is 10.1 Å². The summed E-state index contributed by atoms with van der Waals surface area (Å²) in [6, 6.07) is 10.3. The zero-order valence-corrected chi connectivity index (χ0v) is 12.0. The Hall–Kier alpha value is -1.39. The maximum atomic E-state index is 11.1. The van der Waals surface area contributed by atoms with Gasteiger partial charge in [0.25, 0.3) is 0 Å². The summed E-state index contributed by atoms with van der Waals surface area (Å²) in [7, 11) is 2.07. The summed E-state index contributed by atoms with van der Waals surface area (Å²) in [4.78, 5) is 13.3. The molecule has 1 rings (SSSR count). The Morgan fingerprint density at radius 1 is 1.32 bits per heavy atom. The number of oxime groups is 1. The number of hydrogen-bond acceptors (Lipinski definition) is 4. The van der Waals surface area contributed by atoms with Crippen molar-refractivity contribution >= 4 is 24.4 Å². The second-order valence-corrected chi connectivity index (χ2v) is 4.39. The molecule has 0 unspecified atom stereocenters. The summed E-state index contributed by atoms with van der Waals surface area (Å²) >= 11 is 0. The van der Waals surface area contributed by atoms with Crippen molar-refractivity contribution in [2.75, 3.05) is 13.6 Å². The molecule has 0 amide bonds. The fraction of sp³-hybridized carbons (Fsp3) is 0.429. The van der Waals surface area contributed by atoms with Gasteiger partial charge in [0.05, 0.1) is 0 Å². The molecule has 0 saturated heterocycles. The van der Waals surface area contributed by atoms with E-state index in [4.69, 9.17) is 5.21 Å². The number of carbonyl (C=O) groups excluding carboxylic acids is 1. The van der Waals surface area contributed by atoms with E-state index in [1.807, 2.05) is 18.2 Å². The molecule has 0 bridgehead atoms. The Morgan fingerprint density at radius 3 is 2.63 bits per heavy atom. The number of rotatable bonds is 8. The molecule has 0 heterocycles. The molecule has 19 heavy (non-hydrogen) atoms. The highest BCUT2D eigenvalue weighted by molar-refractivity contribution is 6.27. The molecule has 0 aliphatic rings. The Bertz CT molecular complexity index is 382. The molecule has 0 spiro atoms. The van der Waals surface area contributed by atoms with Crippen LogP contribution >= 0.6 is 12.4 Å². The zero-order chi connectivity index (χ0) is 13.2. The van der Waals surface area contributed by atoms with Crippen LogP contribution in [0.1, 0.15) is 24.8 Å². The van der Waals surface area contributed by atoms with Gasteiger partial charge in [-0.1, -0.05) is 35.5 Å². The van der Waals surface area contributed by atoms with Crippen LogP contribution in [-0.2, 0) is 11.3 Å². The minimum atomic E-state index is -0.122. The SMILES string of the molecule is CN(CCCCC(=O)/C=N/O)Cc1ccccc1.Cl. The molecule has 1 aromatic rings. The molecule has 0 atom stereocenters. The number of hydrogen-bond donors (Lipinski definition) is 1. The van der Waals surface area contributed by atoms with Gasteiger partial charge in [-0.25, -0.2) is 0 Å². The van der Waals surface area contributed by atoms with E-state index in [0.29, 0.717) is 6.42 Å². The summed E-state index contributed by atoms with van der Waals surface area (Å²) in [5.41, 5.74) is 1.29. The predicted octanol–water partition coefficient (Wildman–Crippen LogP) is 2.74. The molecule has 4 nitrogen and oxygen atoms in total. The lowest BCUT2D eigenvalue weighted by Gasteiger charge is -2.16. The van der Waals surface area contributed by atoms with E-state index in [1.165, 1.54) is 5.56 Å². The topological polar surface area (TPSA) is 52.9 Å². The van der Waals surface area contributed by atoms with E-state index in [-0.39, 0.29) is 18.2 Å². The number of nitrogens with zero attached hydrogens (tertiary/aromatic N) is 2. The minimum Gasteiger partial charge on any atom is -0.411 e. The van der Waals surface area contributed by atoms with Crippen molar-refractivity contribution in [1.82, 2.24) is 4.90 Å². The lowest BCUT2D eigenvalue weighted by atomic mass is 10.1. The first-order chi connectivity index (χ1) is 8.72. The van der Waals surface area contributed by atoms with E-state index in [1.54, 1.807) is 0 Å². The molecule has 0 radical (unpaired) electrons. The normalized spacial score (nSPS) is 10.6. The van der Waals surface area contributed by atoms with Crippen LogP contribution in [0.3, 0.4) is 0 Å². The third-order valence-electron chi connectivity index (χ3n) is 2.71. The first kappa shape index (κ1) is 17.6. The molecule has 1 aromatic carbocycles. The first-order valence-electron chi connectivity index (χ1n) is 6.15. The molecule has 0 fully saturated rings. The minimum absolute atomic E-state index is 0. The smallest absolute Gasteiger partial charge is 0.177 e. The van der Waals surface area contributed by atoms with Crippen LogP contribution in [0.5, 0.6) is 0 Å². The molecule has 1 N–H and O–H groups in total. The summed E-state index contributed by atoms with van der Waals surface area (Å²) < 4.78 is 0. The van der Waals surface area contributed by atoms with Crippen molar-refractivity contribution in [2.45, 2.75) is 25.8 Å². The highest BCUT2D eigenvalue weighted by Gasteiger charge is 2.01. The largest absolute Gasteiger partial charge is 0.411 e. The number of carbonyl (C=O) groups is 1. The van der Waals surface area contributed by atoms with Gasteiger partial charge >= 0.3 is 0 Å². The standard InChI is InChI=1S/C14H20N2O2.ClH/c1-16(12-13-7-3-2-4-8-13)10-6-5-9-14(17)11-15-18;/h2-4,7-8,11,18H,5-6,9-10,12H2,1H3;1H/b15-11+;. The maximum Gasteiger partial charge on any atom is 0.177 e. The monoisotopic (exact) mass is 284 g/mol. The highest BCUT2D eigenvalue weighted by atomic mass is 35.5. The van der Waals surface area contributed by atoms with Crippen LogP contribution in [0.4, 0.5) is 0 Å². The summed E-state index contributed by atoms with van der Waals surface area (Å²) in [5, 5.41) is 10.9. The van der Waals surface area contributed by atoms with Gasteiger partial charge in [-0.2, -0.15) is 0 Å². The quantitative estimate of drug-likeness (QED) is 0.346. The maximum absolute atomic E-state index is 11.1. The number of ketones is 1. The second-order valence-electron chi connectivity index (χ2n) is 4.39. The van der Waals surface area contributed by atoms with Crippen molar-refractivity contribution in [2.24, 2.45) is 5.16 Å². The summed E-state index contributed by atoms with van der Waals surface area (Å²) in [5.74, 6) is -0.122. The number of benzene rings is 1. The van der Waals surface area contributed by atoms with Gasteiger partial charge in [-0.05, 0) is 32.0 Å². The average molecular weight is 285 g/mol. The zero-order valence-electron chi connectivity index (χ0n) is 11.2. The number of unbranched alkanes of at least 4 members (excludes halogenated alkanes) is 1. The van der Waals surface area contributed by atoms with Crippen molar-refractivity contribution in [3.8, 4) is 0 Å². The molecule has 106 valence electrons. The first-order valence-corrected chi connectivity index (χ1v) is 6.15. The van der Waals surface area contributed by atoms with Crippen molar-refractivity contribution in [3.05, 3.63) is 35.9 Å². The van der Waals surface area contributed by atoms with Gasteiger partial charge in [0, 0.05) is 13.0 Å². The van der Waals surface area contributed by atoms with Gasteiger partial charge in [0.15, 0.2) is 5.78 Å². The molecular formula is C14H21ClN2O2. The van der Waals surface area contributed by atoms with Crippen LogP contribution in [0, 0.1) is 0 Å². The van der Waals surface area contributed by atoms with Crippen LogP contribution in [0.2, 0.25) is 0 Å². The predicted molar refractivity (Wildman–Crippen MR) is 79.2 cm³/mol. The Labute approximate surface area is 120 Å². The van der Waals surface area contributed by atoms with Gasteiger partial charge in [0.1, 0.15) is 6.21 Å². The number of halogens is 1. The van der Waals surface area contributed by atoms with Gasteiger partial charge in [0.2, 0.25) is 0 Å². The third-order valence-corrected chi connectivity index (χ3v) is 2.71. The van der Waals surface area contributed by atoms with E-state index in [9.17, 15) is 4.79 Å². The third kappa shape index (κ3) is 8.35. The highest BCUT2D eigenvalue weighted by Crippen LogP contribution is 2.04. The van der Waals surface area contributed by atoms with Crippen molar-refractivity contribution in [3.63, 3.8) is 0 Å². The van der Waals surface area contributed by atoms with Gasteiger partial charge in [-0.15, -0.1) is 12.4 Å². The van der Waals surface area contributed by atoms with E-state index >= 15 is 0 Å². The van der Waals surface area contributed by atoms with Gasteiger partial charge in [-0.3, -0.25) is 4.79 Å². The van der Waals surface area contributed by atoms with Crippen molar-refractivity contribution < 1.29 is 10.0 Å². The number of Topliss-reactive ketones (excluding diaryl/α,β-unsaturated/α-hetero) is 1.